The van der Waals surface area contributed by atoms with E-state index in [1.54, 1.807) is 0 Å². The summed E-state index contributed by atoms with van der Waals surface area (Å²) in [5.74, 6) is 0. The van der Waals surface area contributed by atoms with E-state index in [0.717, 1.165) is 9.13 Å². The van der Waals surface area contributed by atoms with Crippen molar-refractivity contribution in [2.75, 3.05) is 6.61 Å². The smallest absolute Gasteiger partial charge is 0.0451 e. The van der Waals surface area contributed by atoms with E-state index in [1.165, 1.54) is 0 Å². The molecule has 0 heterocycles. The van der Waals surface area contributed by atoms with Crippen LogP contribution in [-0.2, 0) is 5.54 Å². The van der Waals surface area contributed by atoms with Crippen molar-refractivity contribution in [1.29, 1.82) is 0 Å². The molecular weight excluding hydrogens is 312 g/mol. The first kappa shape index (κ1) is 12.2. The average molecular weight is 326 g/mol. The molecule has 0 amide bonds. The van der Waals surface area contributed by atoms with Crippen molar-refractivity contribution in [3.8, 4) is 0 Å². The second-order valence-corrected chi connectivity index (χ2v) is 5.23. The Hall–Kier alpha value is 0.160. The molecule has 0 fully saturated rings. The normalized spacial score (nSPS) is 15.2. The molecule has 2 nitrogen and oxygen atoms in total. The zero-order valence-corrected chi connectivity index (χ0v) is 10.8. The summed E-state index contributed by atoms with van der Waals surface area (Å²) in [6, 6.07) is 5.71. The van der Waals surface area contributed by atoms with Gasteiger partial charge in [-0.05, 0) is 59.7 Å². The van der Waals surface area contributed by atoms with Gasteiger partial charge in [-0.25, -0.2) is 0 Å². The van der Waals surface area contributed by atoms with Crippen LogP contribution < -0.4 is 5.73 Å². The molecule has 0 bridgehead atoms. The van der Waals surface area contributed by atoms with Gasteiger partial charge < -0.3 is 10.8 Å². The molecule has 0 saturated carbocycles. The third-order valence-electron chi connectivity index (χ3n) is 2.15. The van der Waals surface area contributed by atoms with Crippen molar-refractivity contribution in [3.63, 3.8) is 0 Å². The van der Waals surface area contributed by atoms with E-state index in [0.29, 0.717) is 11.4 Å². The summed E-state index contributed by atoms with van der Waals surface area (Å²) in [4.78, 5) is 0. The highest BCUT2D eigenvalue weighted by Gasteiger charge is 2.21. The molecule has 1 rings (SSSR count). The Kier molecular flexibility index (Phi) is 4.18. The molecule has 4 heteroatoms. The molecule has 14 heavy (non-hydrogen) atoms. The average Bonchev–Trinajstić information content (AvgIpc) is 2.02. The van der Waals surface area contributed by atoms with Crippen molar-refractivity contribution in [2.45, 2.75) is 18.9 Å². The van der Waals surface area contributed by atoms with Crippen LogP contribution in [0.5, 0.6) is 0 Å². The number of benzene rings is 1. The molecule has 0 radical (unpaired) electrons. The molecule has 0 unspecified atom stereocenters. The van der Waals surface area contributed by atoms with Crippen LogP contribution in [0, 0.1) is 3.57 Å². The van der Waals surface area contributed by atoms with Crippen molar-refractivity contribution in [2.24, 2.45) is 5.73 Å². The van der Waals surface area contributed by atoms with Crippen LogP contribution in [0.3, 0.4) is 0 Å². The molecule has 0 aromatic heterocycles. The van der Waals surface area contributed by atoms with Gasteiger partial charge in [0.25, 0.3) is 0 Å². The largest absolute Gasteiger partial charge is 0.396 e. The van der Waals surface area contributed by atoms with E-state index in [9.17, 15) is 0 Å². The van der Waals surface area contributed by atoms with Crippen LogP contribution in [0.25, 0.3) is 0 Å². The molecule has 1 aromatic rings. The van der Waals surface area contributed by atoms with E-state index in [1.807, 2.05) is 25.1 Å². The summed E-state index contributed by atoms with van der Waals surface area (Å²) in [6.45, 7) is 1.97. The van der Waals surface area contributed by atoms with Gasteiger partial charge in [0.15, 0.2) is 0 Å². The van der Waals surface area contributed by atoms with Crippen molar-refractivity contribution < 1.29 is 5.11 Å². The quantitative estimate of drug-likeness (QED) is 0.839. The van der Waals surface area contributed by atoms with Gasteiger partial charge in [-0.1, -0.05) is 11.6 Å². The minimum atomic E-state index is -0.514. The lowest BCUT2D eigenvalue weighted by atomic mass is 9.90. The monoisotopic (exact) mass is 325 g/mol. The van der Waals surface area contributed by atoms with E-state index in [2.05, 4.69) is 22.6 Å². The molecule has 0 saturated heterocycles. The summed E-state index contributed by atoms with van der Waals surface area (Å²) < 4.78 is 1.06. The Bertz CT molecular complexity index is 308. The summed E-state index contributed by atoms with van der Waals surface area (Å²) in [6.07, 6.45) is 0.531. The van der Waals surface area contributed by atoms with E-state index < -0.39 is 5.54 Å². The molecule has 1 atom stereocenters. The molecule has 3 N–H and O–H groups in total. The molecular formula is C10H13ClINO. The molecule has 78 valence electrons. The second-order valence-electron chi connectivity index (χ2n) is 3.55. The Morgan fingerprint density at radius 2 is 2.14 bits per heavy atom. The maximum absolute atomic E-state index is 8.89. The number of aliphatic hydroxyl groups excluding tert-OH is 1. The third-order valence-corrected chi connectivity index (χ3v) is 2.99. The summed E-state index contributed by atoms with van der Waals surface area (Å²) in [5.41, 5.74) is 6.51. The third kappa shape index (κ3) is 3.08. The van der Waals surface area contributed by atoms with E-state index in [4.69, 9.17) is 22.4 Å². The van der Waals surface area contributed by atoms with E-state index >= 15 is 0 Å². The van der Waals surface area contributed by atoms with E-state index in [-0.39, 0.29) is 6.61 Å². The Morgan fingerprint density at radius 1 is 1.50 bits per heavy atom. The van der Waals surface area contributed by atoms with Gasteiger partial charge in [0.05, 0.1) is 0 Å². The first-order valence-corrected chi connectivity index (χ1v) is 5.78. The van der Waals surface area contributed by atoms with Crippen LogP contribution in [-0.4, -0.2) is 11.7 Å². The second kappa shape index (κ2) is 4.79. The standard InChI is InChI=1S/C10H13ClINO/c1-10(13,2-3-14)7-4-8(11)6-9(12)5-7/h4-6,14H,2-3,13H2,1H3/t10-/m0/s1. The summed E-state index contributed by atoms with van der Waals surface area (Å²) >= 11 is 8.13. The van der Waals surface area contributed by atoms with Crippen LogP contribution >= 0.6 is 34.2 Å². The fourth-order valence-electron chi connectivity index (χ4n) is 1.26. The van der Waals surface area contributed by atoms with Gasteiger partial charge in [0, 0.05) is 20.7 Å². The summed E-state index contributed by atoms with van der Waals surface area (Å²) in [7, 11) is 0. The first-order chi connectivity index (χ1) is 6.45. The topological polar surface area (TPSA) is 46.2 Å². The Morgan fingerprint density at radius 3 is 2.64 bits per heavy atom. The van der Waals surface area contributed by atoms with Crippen molar-refractivity contribution in [1.82, 2.24) is 0 Å². The van der Waals surface area contributed by atoms with Gasteiger partial charge in [0.2, 0.25) is 0 Å². The highest BCUT2D eigenvalue weighted by atomic mass is 127. The van der Waals surface area contributed by atoms with Gasteiger partial charge >= 0.3 is 0 Å². The number of hydrogen-bond donors (Lipinski definition) is 2. The molecule has 1 aromatic carbocycles. The number of rotatable bonds is 3. The number of hydrogen-bond acceptors (Lipinski definition) is 2. The fourth-order valence-corrected chi connectivity index (χ4v) is 2.35. The lowest BCUT2D eigenvalue weighted by Gasteiger charge is -2.24. The number of aliphatic hydroxyl groups is 1. The highest BCUT2D eigenvalue weighted by Crippen LogP contribution is 2.26. The first-order valence-electron chi connectivity index (χ1n) is 4.32. The fraction of sp³-hybridized carbons (Fsp3) is 0.400. The maximum atomic E-state index is 8.89. The van der Waals surface area contributed by atoms with Crippen LogP contribution in [0.1, 0.15) is 18.9 Å². The minimum absolute atomic E-state index is 0.0795. The lowest BCUT2D eigenvalue weighted by molar-refractivity contribution is 0.247. The zero-order chi connectivity index (χ0) is 10.8. The Balaban J connectivity index is 3.05. The molecule has 0 aliphatic heterocycles. The molecule has 0 spiro atoms. The molecule has 0 aliphatic rings. The lowest BCUT2D eigenvalue weighted by Crippen LogP contribution is -2.34. The highest BCUT2D eigenvalue weighted by molar-refractivity contribution is 14.1. The number of halogens is 2. The van der Waals surface area contributed by atoms with Crippen molar-refractivity contribution in [3.05, 3.63) is 32.4 Å². The van der Waals surface area contributed by atoms with Gasteiger partial charge in [-0.3, -0.25) is 0 Å². The van der Waals surface area contributed by atoms with Gasteiger partial charge in [-0.2, -0.15) is 0 Å². The van der Waals surface area contributed by atoms with Crippen LogP contribution in [0.15, 0.2) is 18.2 Å². The SMILES string of the molecule is C[C@](N)(CCO)c1cc(Cl)cc(I)c1. The predicted octanol–water partition coefficient (Wildman–Crippen LogP) is 2.50. The van der Waals surface area contributed by atoms with Gasteiger partial charge in [-0.15, -0.1) is 0 Å². The van der Waals surface area contributed by atoms with Crippen LogP contribution in [0.4, 0.5) is 0 Å². The minimum Gasteiger partial charge on any atom is -0.396 e. The number of nitrogens with two attached hydrogens (primary N) is 1. The van der Waals surface area contributed by atoms with Crippen LogP contribution in [0.2, 0.25) is 5.02 Å². The zero-order valence-electron chi connectivity index (χ0n) is 7.93. The Labute approximate surface area is 103 Å². The maximum Gasteiger partial charge on any atom is 0.0451 e. The predicted molar refractivity (Wildman–Crippen MR) is 67.4 cm³/mol. The van der Waals surface area contributed by atoms with Gasteiger partial charge in [0.1, 0.15) is 0 Å². The summed E-state index contributed by atoms with van der Waals surface area (Å²) in [5, 5.41) is 9.57. The molecule has 0 aliphatic carbocycles. The van der Waals surface area contributed by atoms with Crippen molar-refractivity contribution >= 4 is 34.2 Å².